The number of halogens is 2. The van der Waals surface area contributed by atoms with Crippen molar-refractivity contribution >= 4 is 33.7 Å². The highest BCUT2D eigenvalue weighted by atomic mass is 19.3. The van der Waals surface area contributed by atoms with E-state index in [0.29, 0.717) is 11.0 Å². The molecule has 0 aliphatic carbocycles. The van der Waals surface area contributed by atoms with Crippen LogP contribution in [0.4, 0.5) is 14.5 Å². The molecule has 2 N–H and O–H groups in total. The fourth-order valence-electron chi connectivity index (χ4n) is 3.01. The minimum absolute atomic E-state index is 0.165. The molecule has 1 amide bonds. The number of benzene rings is 1. The predicted molar refractivity (Wildman–Crippen MR) is 101 cm³/mol. The lowest BCUT2D eigenvalue weighted by Gasteiger charge is -2.09. The van der Waals surface area contributed by atoms with Gasteiger partial charge in [-0.05, 0) is 24.3 Å². The number of carbonyl (C=O) groups excluding carboxylic acids is 1. The molecule has 0 aliphatic heterocycles. The molecule has 1 aromatic carbocycles. The third-order valence-corrected chi connectivity index (χ3v) is 4.52. The number of fused-ring (bicyclic) bond motifs is 2. The minimum atomic E-state index is -2.75. The summed E-state index contributed by atoms with van der Waals surface area (Å²) in [6.07, 6.45) is -1.43. The average Bonchev–Trinajstić information content (AvgIpc) is 3.14. The molecule has 4 aromatic rings. The second-order valence-electron chi connectivity index (χ2n) is 6.41. The Hall–Kier alpha value is -3.89. The Morgan fingerprint density at radius 1 is 1.17 bits per heavy atom. The van der Waals surface area contributed by atoms with Gasteiger partial charge in [0.2, 0.25) is 0 Å². The van der Waals surface area contributed by atoms with Crippen LogP contribution in [0.1, 0.15) is 22.6 Å². The highest BCUT2D eigenvalue weighted by molar-refractivity contribution is 6.06. The van der Waals surface area contributed by atoms with Crippen LogP contribution in [0.2, 0.25) is 0 Å². The molecule has 0 radical (unpaired) electrons. The van der Waals surface area contributed by atoms with Gasteiger partial charge in [-0.2, -0.15) is 0 Å². The first-order valence-corrected chi connectivity index (χ1v) is 8.41. The van der Waals surface area contributed by atoms with Gasteiger partial charge in [0.05, 0.1) is 28.3 Å². The molecule has 4 rings (SSSR count). The van der Waals surface area contributed by atoms with E-state index >= 15 is 0 Å². The van der Waals surface area contributed by atoms with Crippen molar-refractivity contribution < 1.29 is 13.6 Å². The smallest absolute Gasteiger partial charge is 0.332 e. The van der Waals surface area contributed by atoms with Crippen LogP contribution in [0.3, 0.4) is 0 Å². The predicted octanol–water partition coefficient (Wildman–Crippen LogP) is 1.70. The van der Waals surface area contributed by atoms with E-state index in [4.69, 9.17) is 0 Å². The summed E-state index contributed by atoms with van der Waals surface area (Å²) < 4.78 is 27.7. The Bertz CT molecular complexity index is 1400. The molecule has 0 atom stereocenters. The van der Waals surface area contributed by atoms with E-state index in [0.717, 1.165) is 4.57 Å². The van der Waals surface area contributed by atoms with Crippen LogP contribution < -0.4 is 16.6 Å². The number of pyridine rings is 1. The summed E-state index contributed by atoms with van der Waals surface area (Å²) in [6.45, 7) is 0. The number of aromatic nitrogens is 5. The second-order valence-corrected chi connectivity index (χ2v) is 6.41. The van der Waals surface area contributed by atoms with Crippen LogP contribution in [0.15, 0.2) is 40.1 Å². The van der Waals surface area contributed by atoms with Gasteiger partial charge in [0, 0.05) is 19.7 Å². The zero-order valence-corrected chi connectivity index (χ0v) is 15.2. The summed E-state index contributed by atoms with van der Waals surface area (Å²) in [4.78, 5) is 47.2. The molecular formula is C18H14F2N6O3. The summed E-state index contributed by atoms with van der Waals surface area (Å²) in [5.74, 6) is -0.999. The van der Waals surface area contributed by atoms with Gasteiger partial charge in [-0.3, -0.25) is 18.7 Å². The number of H-pyrrole nitrogens is 1. The number of nitrogens with one attached hydrogen (secondary N) is 2. The Labute approximate surface area is 160 Å². The van der Waals surface area contributed by atoms with Gasteiger partial charge < -0.3 is 10.3 Å². The number of alkyl halides is 2. The fourth-order valence-corrected chi connectivity index (χ4v) is 3.01. The van der Waals surface area contributed by atoms with Crippen molar-refractivity contribution in [1.29, 1.82) is 0 Å². The average molecular weight is 400 g/mol. The van der Waals surface area contributed by atoms with Crippen LogP contribution in [-0.2, 0) is 14.1 Å². The van der Waals surface area contributed by atoms with Gasteiger partial charge in [0.15, 0.2) is 5.82 Å². The maximum Gasteiger partial charge on any atom is 0.332 e. The number of hydrogen-bond donors (Lipinski definition) is 2. The maximum atomic E-state index is 12.8. The van der Waals surface area contributed by atoms with Gasteiger partial charge >= 0.3 is 5.69 Å². The Morgan fingerprint density at radius 3 is 2.66 bits per heavy atom. The molecule has 11 heteroatoms. The molecule has 0 unspecified atom stereocenters. The fraction of sp³-hybridized carbons (Fsp3) is 0.167. The van der Waals surface area contributed by atoms with Crippen LogP contribution >= 0.6 is 0 Å². The topological polar surface area (TPSA) is 115 Å². The number of carbonyl (C=O) groups is 1. The molecule has 0 saturated carbocycles. The van der Waals surface area contributed by atoms with Crippen molar-refractivity contribution in [3.05, 3.63) is 62.7 Å². The van der Waals surface area contributed by atoms with Crippen LogP contribution in [0, 0.1) is 0 Å². The summed E-state index contributed by atoms with van der Waals surface area (Å²) in [7, 11) is 2.84. The first kappa shape index (κ1) is 18.5. The van der Waals surface area contributed by atoms with E-state index in [1.807, 2.05) is 0 Å². The number of amides is 1. The van der Waals surface area contributed by atoms with E-state index in [1.54, 1.807) is 0 Å². The van der Waals surface area contributed by atoms with Gasteiger partial charge in [-0.1, -0.05) is 0 Å². The molecule has 0 saturated heterocycles. The van der Waals surface area contributed by atoms with E-state index < -0.39 is 29.4 Å². The monoisotopic (exact) mass is 400 g/mol. The minimum Gasteiger partial charge on any atom is -0.337 e. The third-order valence-electron chi connectivity index (χ3n) is 4.52. The van der Waals surface area contributed by atoms with E-state index in [-0.39, 0.29) is 22.3 Å². The van der Waals surface area contributed by atoms with Crippen molar-refractivity contribution in [2.75, 3.05) is 5.32 Å². The lowest BCUT2D eigenvalue weighted by molar-refractivity contribution is 0.102. The van der Waals surface area contributed by atoms with Crippen LogP contribution in [0.5, 0.6) is 0 Å². The first-order chi connectivity index (χ1) is 13.8. The van der Waals surface area contributed by atoms with Crippen molar-refractivity contribution in [3.63, 3.8) is 0 Å². The molecule has 29 heavy (non-hydrogen) atoms. The summed E-state index contributed by atoms with van der Waals surface area (Å²) in [5, 5.41) is 2.77. The second kappa shape index (κ2) is 6.62. The molecule has 0 bridgehead atoms. The third kappa shape index (κ3) is 3.06. The largest absolute Gasteiger partial charge is 0.337 e. The summed E-state index contributed by atoms with van der Waals surface area (Å²) in [5.41, 5.74) is 0.205. The zero-order valence-electron chi connectivity index (χ0n) is 15.2. The lowest BCUT2D eigenvalue weighted by atomic mass is 10.2. The Balaban J connectivity index is 1.69. The number of aromatic amines is 1. The van der Waals surface area contributed by atoms with E-state index in [9.17, 15) is 23.2 Å². The molecule has 0 aliphatic rings. The molecular weight excluding hydrogens is 386 g/mol. The SMILES string of the molecule is Cn1c(=O)c2cc(NC(=O)c3ccc4nc(C(F)F)[nH]c4c3)cnc2n(C)c1=O. The normalized spacial score (nSPS) is 11.5. The van der Waals surface area contributed by atoms with Crippen molar-refractivity contribution in [2.45, 2.75) is 6.43 Å². The number of nitrogens with zero attached hydrogens (tertiary/aromatic N) is 4. The highest BCUT2D eigenvalue weighted by Gasteiger charge is 2.15. The quantitative estimate of drug-likeness (QED) is 0.543. The molecule has 3 aromatic heterocycles. The maximum absolute atomic E-state index is 12.8. The molecule has 148 valence electrons. The number of anilines is 1. The number of hydrogen-bond acceptors (Lipinski definition) is 5. The number of aryl methyl sites for hydroxylation is 1. The van der Waals surface area contributed by atoms with Gasteiger partial charge in [-0.25, -0.2) is 23.5 Å². The molecule has 3 heterocycles. The van der Waals surface area contributed by atoms with Gasteiger partial charge in [-0.15, -0.1) is 0 Å². The van der Waals surface area contributed by atoms with E-state index in [1.165, 1.54) is 49.1 Å². The molecule has 9 nitrogen and oxygen atoms in total. The van der Waals surface area contributed by atoms with Crippen molar-refractivity contribution in [2.24, 2.45) is 14.1 Å². The van der Waals surface area contributed by atoms with E-state index in [2.05, 4.69) is 20.3 Å². The number of imidazole rings is 1. The van der Waals surface area contributed by atoms with Gasteiger partial charge in [0.1, 0.15) is 5.65 Å². The Kier molecular flexibility index (Phi) is 4.22. The number of rotatable bonds is 3. The van der Waals surface area contributed by atoms with Crippen LogP contribution in [-0.4, -0.2) is 30.0 Å². The highest BCUT2D eigenvalue weighted by Crippen LogP contribution is 2.21. The zero-order chi connectivity index (χ0) is 20.9. The van der Waals surface area contributed by atoms with Gasteiger partial charge in [0.25, 0.3) is 17.9 Å². The standard InChI is InChI=1S/C18H14F2N6O3/c1-25-15-10(17(28)26(2)18(25)29)6-9(7-21-15)22-16(27)8-3-4-11-12(5-8)24-14(23-11)13(19)20/h3-7,13H,1-2H3,(H,22,27)(H,23,24). The van der Waals surface area contributed by atoms with Crippen molar-refractivity contribution in [3.8, 4) is 0 Å². The Morgan fingerprint density at radius 2 is 1.93 bits per heavy atom. The first-order valence-electron chi connectivity index (χ1n) is 8.41. The summed E-state index contributed by atoms with van der Waals surface area (Å²) in [6, 6.07) is 5.73. The summed E-state index contributed by atoms with van der Waals surface area (Å²) >= 11 is 0. The van der Waals surface area contributed by atoms with Crippen molar-refractivity contribution in [1.82, 2.24) is 24.1 Å². The molecule has 0 fully saturated rings. The van der Waals surface area contributed by atoms with Crippen LogP contribution in [0.25, 0.3) is 22.1 Å². The molecule has 0 spiro atoms. The lowest BCUT2D eigenvalue weighted by Crippen LogP contribution is -2.37.